The van der Waals surface area contributed by atoms with Crippen molar-refractivity contribution < 1.29 is 4.79 Å². The quantitative estimate of drug-likeness (QED) is 0.379. The zero-order valence-corrected chi connectivity index (χ0v) is 17.5. The van der Waals surface area contributed by atoms with Gasteiger partial charge >= 0.3 is 0 Å². The molecule has 2 aromatic rings. The maximum atomic E-state index is 12.9. The number of amides is 1. The predicted octanol–water partition coefficient (Wildman–Crippen LogP) is 5.41. The molecule has 2 fully saturated rings. The summed E-state index contributed by atoms with van der Waals surface area (Å²) in [4.78, 5) is 18.7. The molecule has 0 aliphatic carbocycles. The van der Waals surface area contributed by atoms with Crippen LogP contribution in [0.5, 0.6) is 0 Å². The summed E-state index contributed by atoms with van der Waals surface area (Å²) in [5.74, 6) is -0.0492. The van der Waals surface area contributed by atoms with Gasteiger partial charge in [0.2, 0.25) is 0 Å². The molecule has 2 aromatic carbocycles. The maximum absolute atomic E-state index is 12.9. The second kappa shape index (κ2) is 8.09. The van der Waals surface area contributed by atoms with E-state index in [1.165, 1.54) is 30.3 Å². The van der Waals surface area contributed by atoms with Gasteiger partial charge in [0.05, 0.1) is 10.6 Å². The Bertz CT molecular complexity index is 902. The number of hydrogen-bond acceptors (Lipinski definition) is 5. The van der Waals surface area contributed by atoms with Crippen molar-refractivity contribution in [1.82, 2.24) is 0 Å². The molecule has 138 valence electrons. The molecule has 27 heavy (non-hydrogen) atoms. The highest BCUT2D eigenvalue weighted by Gasteiger charge is 2.33. The molecule has 3 nitrogen and oxygen atoms in total. The second-order valence-corrected chi connectivity index (χ2v) is 9.06. The fraction of sp³-hybridized carbons (Fsp3) is 0.238. The van der Waals surface area contributed by atoms with Crippen molar-refractivity contribution in [3.05, 3.63) is 59.0 Å². The Hall–Kier alpha value is -1.76. The Morgan fingerprint density at radius 3 is 2.52 bits per heavy atom. The summed E-state index contributed by atoms with van der Waals surface area (Å²) in [7, 11) is 0. The average molecular weight is 413 g/mol. The summed E-state index contributed by atoms with van der Waals surface area (Å²) in [6.45, 7) is 2.26. The molecule has 0 N–H and O–H groups in total. The van der Waals surface area contributed by atoms with Crippen LogP contribution in [0.25, 0.3) is 6.08 Å². The summed E-state index contributed by atoms with van der Waals surface area (Å²) in [6, 6.07) is 16.4. The third-order valence-electron chi connectivity index (χ3n) is 4.77. The van der Waals surface area contributed by atoms with E-state index in [0.29, 0.717) is 9.23 Å². The standard InChI is InChI=1S/C21H20N2OS3/c1-26-18-6-4-5-17(14-18)23-20(24)19(27-21(23)25)13-15-7-9-16(10-8-15)22-11-2-3-12-22/h4-10,13-14H,2-3,11-12H2,1H3/b19-13+. The first-order valence-corrected chi connectivity index (χ1v) is 11.4. The van der Waals surface area contributed by atoms with Crippen LogP contribution >= 0.6 is 35.7 Å². The van der Waals surface area contributed by atoms with Gasteiger partial charge in [0.15, 0.2) is 4.32 Å². The smallest absolute Gasteiger partial charge is 0.270 e. The second-order valence-electron chi connectivity index (χ2n) is 6.50. The third kappa shape index (κ3) is 3.93. The topological polar surface area (TPSA) is 23.6 Å². The van der Waals surface area contributed by atoms with Crippen LogP contribution in [0.2, 0.25) is 0 Å². The summed E-state index contributed by atoms with van der Waals surface area (Å²) in [5, 5.41) is 0. The van der Waals surface area contributed by atoms with Gasteiger partial charge in [-0.3, -0.25) is 9.69 Å². The molecule has 0 aromatic heterocycles. The number of carbonyl (C=O) groups excluding carboxylic acids is 1. The molecule has 6 heteroatoms. The van der Waals surface area contributed by atoms with E-state index in [-0.39, 0.29) is 5.91 Å². The van der Waals surface area contributed by atoms with Gasteiger partial charge in [0.1, 0.15) is 0 Å². The van der Waals surface area contributed by atoms with E-state index in [4.69, 9.17) is 12.2 Å². The lowest BCUT2D eigenvalue weighted by atomic mass is 10.1. The van der Waals surface area contributed by atoms with Gasteiger partial charge in [-0.25, -0.2) is 0 Å². The van der Waals surface area contributed by atoms with Gasteiger partial charge in [-0.2, -0.15) is 0 Å². The molecule has 2 aliphatic heterocycles. The molecule has 0 radical (unpaired) electrons. The van der Waals surface area contributed by atoms with Crippen molar-refractivity contribution in [3.8, 4) is 0 Å². The number of rotatable bonds is 4. The molecular weight excluding hydrogens is 392 g/mol. The predicted molar refractivity (Wildman–Crippen MR) is 122 cm³/mol. The van der Waals surface area contributed by atoms with Crippen LogP contribution in [0.4, 0.5) is 11.4 Å². The molecule has 0 unspecified atom stereocenters. The lowest BCUT2D eigenvalue weighted by molar-refractivity contribution is -0.113. The van der Waals surface area contributed by atoms with Crippen molar-refractivity contribution in [2.45, 2.75) is 17.7 Å². The first-order valence-electron chi connectivity index (χ1n) is 8.93. The van der Waals surface area contributed by atoms with E-state index in [2.05, 4.69) is 29.2 Å². The molecule has 2 saturated heterocycles. The number of nitrogens with zero attached hydrogens (tertiary/aromatic N) is 2. The highest BCUT2D eigenvalue weighted by Crippen LogP contribution is 2.37. The first kappa shape index (κ1) is 18.6. The third-order valence-corrected chi connectivity index (χ3v) is 6.79. The fourth-order valence-corrected chi connectivity index (χ4v) is 5.10. The summed E-state index contributed by atoms with van der Waals surface area (Å²) in [6.07, 6.45) is 6.49. The highest BCUT2D eigenvalue weighted by molar-refractivity contribution is 8.27. The Balaban J connectivity index is 1.55. The van der Waals surface area contributed by atoms with E-state index in [0.717, 1.165) is 29.2 Å². The molecular formula is C21H20N2OS3. The monoisotopic (exact) mass is 412 g/mol. The Morgan fingerprint density at radius 2 is 1.81 bits per heavy atom. The molecule has 0 spiro atoms. The van der Waals surface area contributed by atoms with Crippen molar-refractivity contribution in [3.63, 3.8) is 0 Å². The van der Waals surface area contributed by atoms with Crippen LogP contribution in [0.1, 0.15) is 18.4 Å². The molecule has 0 atom stereocenters. The molecule has 2 aliphatic rings. The lowest BCUT2D eigenvalue weighted by Crippen LogP contribution is -2.27. The molecule has 1 amide bonds. The van der Waals surface area contributed by atoms with E-state index in [1.807, 2.05) is 36.6 Å². The van der Waals surface area contributed by atoms with E-state index in [9.17, 15) is 4.79 Å². The number of hydrogen-bond donors (Lipinski definition) is 0. The van der Waals surface area contributed by atoms with Crippen LogP contribution < -0.4 is 9.80 Å². The highest BCUT2D eigenvalue weighted by atomic mass is 32.2. The number of thiocarbonyl (C=S) groups is 1. The van der Waals surface area contributed by atoms with Gasteiger partial charge in [-0.05, 0) is 61.1 Å². The molecule has 0 bridgehead atoms. The van der Waals surface area contributed by atoms with Gasteiger partial charge in [-0.15, -0.1) is 11.8 Å². The number of carbonyl (C=O) groups is 1. The zero-order chi connectivity index (χ0) is 18.8. The minimum Gasteiger partial charge on any atom is -0.372 e. The van der Waals surface area contributed by atoms with Crippen molar-refractivity contribution >= 4 is 63.4 Å². The normalized spacial score (nSPS) is 18.8. The first-order chi connectivity index (χ1) is 13.2. The van der Waals surface area contributed by atoms with Crippen molar-refractivity contribution in [2.24, 2.45) is 0 Å². The average Bonchev–Trinajstić information content (AvgIpc) is 3.31. The SMILES string of the molecule is CSc1cccc(N2C(=O)/C(=C\c3ccc(N4CCCC4)cc3)SC2=S)c1. The number of thioether (sulfide) groups is 2. The van der Waals surface area contributed by atoms with Gasteiger partial charge in [0.25, 0.3) is 5.91 Å². The number of benzene rings is 2. The molecule has 0 saturated carbocycles. The molecule has 2 heterocycles. The maximum Gasteiger partial charge on any atom is 0.270 e. The van der Waals surface area contributed by atoms with Crippen LogP contribution in [0.3, 0.4) is 0 Å². The minimum atomic E-state index is -0.0492. The minimum absolute atomic E-state index is 0.0492. The van der Waals surface area contributed by atoms with Crippen LogP contribution in [0.15, 0.2) is 58.3 Å². The van der Waals surface area contributed by atoms with Crippen LogP contribution in [-0.4, -0.2) is 29.6 Å². The van der Waals surface area contributed by atoms with E-state index in [1.54, 1.807) is 16.7 Å². The Labute approximate surface area is 173 Å². The summed E-state index contributed by atoms with van der Waals surface area (Å²) < 4.78 is 0.582. The Kier molecular flexibility index (Phi) is 5.57. The summed E-state index contributed by atoms with van der Waals surface area (Å²) >= 11 is 8.50. The lowest BCUT2D eigenvalue weighted by Gasteiger charge is -2.17. The van der Waals surface area contributed by atoms with Gasteiger partial charge in [-0.1, -0.05) is 42.2 Å². The number of anilines is 2. The van der Waals surface area contributed by atoms with Crippen LogP contribution in [0, 0.1) is 0 Å². The van der Waals surface area contributed by atoms with Crippen molar-refractivity contribution in [1.29, 1.82) is 0 Å². The Morgan fingerprint density at radius 1 is 1.07 bits per heavy atom. The van der Waals surface area contributed by atoms with Crippen LogP contribution in [-0.2, 0) is 4.79 Å². The zero-order valence-electron chi connectivity index (χ0n) is 15.1. The van der Waals surface area contributed by atoms with E-state index >= 15 is 0 Å². The van der Waals surface area contributed by atoms with Gasteiger partial charge < -0.3 is 4.90 Å². The van der Waals surface area contributed by atoms with Gasteiger partial charge in [0, 0.05) is 23.7 Å². The van der Waals surface area contributed by atoms with Crippen molar-refractivity contribution in [2.75, 3.05) is 29.1 Å². The van der Waals surface area contributed by atoms with E-state index < -0.39 is 0 Å². The molecule has 4 rings (SSSR count). The largest absolute Gasteiger partial charge is 0.372 e. The summed E-state index contributed by atoms with van der Waals surface area (Å²) in [5.41, 5.74) is 3.11. The fourth-order valence-electron chi connectivity index (χ4n) is 3.35.